The molecular weight excluding hydrogens is 2030 g/mol. The van der Waals surface area contributed by atoms with Crippen LogP contribution in [0.5, 0.6) is 0 Å². The summed E-state index contributed by atoms with van der Waals surface area (Å²) in [6.07, 6.45) is 15.2. The zero-order valence-corrected chi connectivity index (χ0v) is 88.1. The van der Waals surface area contributed by atoms with Crippen molar-refractivity contribution in [3.8, 4) is 0 Å². The molecule has 1 fully saturated rings. The normalized spacial score (nSPS) is 12.7. The molecule has 10 heterocycles. The van der Waals surface area contributed by atoms with E-state index in [1.807, 2.05) is 54.6 Å². The van der Waals surface area contributed by atoms with Gasteiger partial charge in [-0.15, -0.1) is 0 Å². The number of ether oxygens (including phenoxy) is 1. The highest BCUT2D eigenvalue weighted by atomic mass is 35.5. The molecule has 9 aromatic carbocycles. The van der Waals surface area contributed by atoms with Crippen molar-refractivity contribution in [2.24, 2.45) is 0 Å². The van der Waals surface area contributed by atoms with Crippen LogP contribution in [0.2, 0.25) is 35.2 Å². The van der Waals surface area contributed by atoms with E-state index in [1.165, 1.54) is 67.4 Å². The van der Waals surface area contributed by atoms with Crippen molar-refractivity contribution >= 4 is 230 Å². The average molecular weight is 2150 g/mol. The van der Waals surface area contributed by atoms with Crippen LogP contribution in [0.3, 0.4) is 0 Å². The average Bonchev–Trinajstić information content (AvgIpc) is 0.754. The molecule has 28 nitrogen and oxygen atoms in total. The van der Waals surface area contributed by atoms with Gasteiger partial charge in [-0.3, -0.25) is 44.9 Å². The lowest BCUT2D eigenvalue weighted by Crippen LogP contribution is -2.47. The van der Waals surface area contributed by atoms with Crippen LogP contribution in [0.15, 0.2) is 208 Å². The summed E-state index contributed by atoms with van der Waals surface area (Å²) < 4.78 is 59.5. The maximum atomic E-state index is 14.0. The minimum atomic E-state index is -1.27. The van der Waals surface area contributed by atoms with Crippen molar-refractivity contribution < 1.29 is 68.3 Å². The van der Waals surface area contributed by atoms with Gasteiger partial charge >= 0.3 is 0 Å². The summed E-state index contributed by atoms with van der Waals surface area (Å²) in [5.74, 6) is -2.06. The number of nitrogens with two attached hydrogens (primary N) is 9. The van der Waals surface area contributed by atoms with Crippen LogP contribution in [0.25, 0.3) is 98.0 Å². The predicted octanol–water partition coefficient (Wildman–Crippen LogP) is 22.5. The molecule has 147 heavy (non-hydrogen) atoms. The SMILES string of the molecule is CC(C)(O)c1c(N)cnc2cc(Cl)cc(Cl)c12.CC(C)(O)c1c(N)cnc2cc(F)cc(Cl)c12.CC(C)(O)c1c(N)cnc2ccc(Cl)c(F)c12.CC(C)(O)c1c(N)cnc2ccc(Cl)cc12.CC(C)(O)c1c(N)cnc2ccc(F)c(Cl)c12.CC(C)(O)c1c(N)cnc2cccc(F)c12.CC(C)(O)c1c(N)cnc2ccccc12.CC(C)(O)c1cccc2cncc(N)c12.Nc1cnc2ccc(Cl)cc2c1C1(O)COC1. The van der Waals surface area contributed by atoms with Crippen molar-refractivity contribution in [2.75, 3.05) is 64.8 Å². The molecule has 9 aromatic heterocycles. The summed E-state index contributed by atoms with van der Waals surface area (Å²) in [5, 5.41) is 99.5. The summed E-state index contributed by atoms with van der Waals surface area (Å²) in [6.45, 7) is 26.7. The molecule has 0 atom stereocenters. The van der Waals surface area contributed by atoms with Gasteiger partial charge in [-0.05, 0) is 213 Å². The van der Waals surface area contributed by atoms with Crippen molar-refractivity contribution in [1.82, 2.24) is 44.9 Å². The van der Waals surface area contributed by atoms with Crippen LogP contribution in [-0.2, 0) is 55.1 Å². The summed E-state index contributed by atoms with van der Waals surface area (Å²) >= 11 is 41.6. The number of pyridine rings is 9. The molecule has 27 N–H and O–H groups in total. The molecule has 0 spiro atoms. The number of nitrogen functional groups attached to an aromatic ring is 9. The van der Waals surface area contributed by atoms with Gasteiger partial charge in [0, 0.05) is 126 Å². The van der Waals surface area contributed by atoms with Crippen molar-refractivity contribution in [3.05, 3.63) is 316 Å². The molecule has 1 aliphatic rings. The van der Waals surface area contributed by atoms with E-state index in [4.69, 9.17) is 138 Å². The van der Waals surface area contributed by atoms with Crippen LogP contribution >= 0.6 is 81.2 Å². The standard InChI is InChI=1S/C12H12Cl2N2O.3C12H12ClFN2O.C12H11ClN2O2.C12H13ClN2O.C12H13FN2O.2C12H14N2O/c1-12(2,17)11-8(15)5-16-9-4-6(13)3-7(14)10(9)11;1-12(2,17)11-8(15)5-16-9-4-6(14)3-7(13)10(9)11;1-12(2,17)10-7(15)5-16-8-4-3-6(14)11(13)9(8)10;1-12(2,17)10-7(15)5-16-8-4-3-6(13)11(14)9(8)10;13-7-1-2-10-8(3-7)11(9(14)4-15-10)12(16)5-17-6-12;1-12(2,16)11-8-5-7(13)3-4-10(8)15-6-9(11)14;1-12(2,16)11-8(14)6-15-9-5-3-4-7(13)10(9)11;1-12(2,15)9-5-3-4-8-6-14-7-10(13)11(8)9;1-12(2,15)11-8-5-3-4-6-10(8)14-7-9(11)13/h4*3-5,17H,15H2,1-2H3;1-4,16H,5-6,14H2;2*3-6,16H,14H2,1-2H3;2*3-7,15H,13H2,1-2H3. The fourth-order valence-electron chi connectivity index (χ4n) is 17.1. The fourth-order valence-corrected chi connectivity index (χ4v) is 18.7. The third-order valence-electron chi connectivity index (χ3n) is 23.0. The molecule has 0 saturated carbocycles. The van der Waals surface area contributed by atoms with E-state index in [1.54, 1.807) is 196 Å². The summed E-state index contributed by atoms with van der Waals surface area (Å²) in [6, 6.07) is 40.2. The molecule has 772 valence electrons. The van der Waals surface area contributed by atoms with E-state index >= 15 is 0 Å². The van der Waals surface area contributed by atoms with Gasteiger partial charge < -0.3 is 102 Å². The molecule has 0 aliphatic carbocycles. The number of aromatic nitrogens is 9. The van der Waals surface area contributed by atoms with Gasteiger partial charge in [0.15, 0.2) is 5.82 Å². The highest BCUT2D eigenvalue weighted by molar-refractivity contribution is 6.39. The van der Waals surface area contributed by atoms with Gasteiger partial charge in [-0.1, -0.05) is 124 Å². The number of para-hydroxylation sites is 1. The number of aliphatic hydroxyl groups is 9. The Morgan fingerprint density at radius 3 is 1.13 bits per heavy atom. The first kappa shape index (κ1) is 115. The number of hydrogen-bond donors (Lipinski definition) is 18. The van der Waals surface area contributed by atoms with Gasteiger partial charge in [0.05, 0.1) is 229 Å². The van der Waals surface area contributed by atoms with Gasteiger partial charge in [0.25, 0.3) is 0 Å². The maximum Gasteiger partial charge on any atom is 0.151 e. The van der Waals surface area contributed by atoms with E-state index in [0.29, 0.717) is 143 Å². The third kappa shape index (κ3) is 26.5. The number of halogens is 11. The van der Waals surface area contributed by atoms with Gasteiger partial charge in [0.2, 0.25) is 0 Å². The van der Waals surface area contributed by atoms with Crippen LogP contribution in [0.4, 0.5) is 68.7 Å². The Labute approximate surface area is 879 Å². The van der Waals surface area contributed by atoms with Crippen molar-refractivity contribution in [3.63, 3.8) is 0 Å². The Morgan fingerprint density at radius 1 is 0.286 bits per heavy atom. The number of fused-ring (bicyclic) bond motifs is 9. The topological polar surface area (TPSA) is 541 Å². The van der Waals surface area contributed by atoms with E-state index in [9.17, 15) is 63.5 Å². The number of rotatable bonds is 9. The molecule has 0 bridgehead atoms. The van der Waals surface area contributed by atoms with E-state index < -0.39 is 73.7 Å². The largest absolute Gasteiger partial charge is 0.397 e. The smallest absolute Gasteiger partial charge is 0.151 e. The first-order chi connectivity index (χ1) is 68.1. The Kier molecular flexibility index (Phi) is 34.8. The van der Waals surface area contributed by atoms with Gasteiger partial charge in [-0.2, -0.15) is 0 Å². The maximum absolute atomic E-state index is 14.0. The number of nitrogens with zero attached hydrogens (tertiary/aromatic N) is 9. The summed E-state index contributed by atoms with van der Waals surface area (Å²) in [7, 11) is 0. The second-order valence-corrected chi connectivity index (χ2v) is 41.8. The molecule has 1 saturated heterocycles. The van der Waals surface area contributed by atoms with Gasteiger partial charge in [0.1, 0.15) is 23.1 Å². The van der Waals surface area contributed by atoms with Crippen molar-refractivity contribution in [2.45, 2.75) is 161 Å². The Morgan fingerprint density at radius 2 is 0.653 bits per heavy atom. The first-order valence-electron chi connectivity index (χ1n) is 45.2. The third-order valence-corrected chi connectivity index (χ3v) is 25.0. The highest BCUT2D eigenvalue weighted by Gasteiger charge is 2.42. The van der Waals surface area contributed by atoms with E-state index in [-0.39, 0.29) is 50.4 Å². The summed E-state index contributed by atoms with van der Waals surface area (Å²) in [4.78, 5) is 37.0. The lowest BCUT2D eigenvalue weighted by atomic mass is 9.88. The second kappa shape index (κ2) is 44.7. The van der Waals surface area contributed by atoms with E-state index in [0.717, 1.165) is 54.6 Å². The second-order valence-electron chi connectivity index (χ2n) is 38.9. The lowest BCUT2D eigenvalue weighted by molar-refractivity contribution is -0.183. The van der Waals surface area contributed by atoms with Crippen LogP contribution in [0.1, 0.15) is 161 Å². The number of benzene rings is 9. The molecule has 1 aliphatic heterocycles. The zero-order valence-electron chi connectivity index (χ0n) is 82.9. The molecule has 0 radical (unpaired) electrons. The molecule has 18 aromatic rings. The van der Waals surface area contributed by atoms with Crippen LogP contribution in [0, 0.1) is 23.3 Å². The minimum Gasteiger partial charge on any atom is -0.397 e. The quantitative estimate of drug-likeness (QED) is 0.0597. The summed E-state index contributed by atoms with van der Waals surface area (Å²) in [5.41, 5.74) is 56.1. The molecule has 39 heteroatoms. The Hall–Kier alpha value is -12.8. The molecule has 19 rings (SSSR count). The zero-order chi connectivity index (χ0) is 109. The monoisotopic (exact) mass is 2140 g/mol. The molecule has 0 amide bonds. The fraction of sp³-hybridized carbons (Fsp3) is 0.250. The van der Waals surface area contributed by atoms with E-state index in [2.05, 4.69) is 44.9 Å². The Bertz CT molecular complexity index is 7770. The van der Waals surface area contributed by atoms with Crippen molar-refractivity contribution in [1.29, 1.82) is 0 Å². The van der Waals surface area contributed by atoms with Gasteiger partial charge in [-0.25, -0.2) is 17.6 Å². The lowest BCUT2D eigenvalue weighted by Gasteiger charge is -2.38. The Balaban J connectivity index is 0.000000157. The molecular formula is C108H113Cl7F4N18O10. The predicted molar refractivity (Wildman–Crippen MR) is 587 cm³/mol. The molecule has 0 unspecified atom stereocenters. The number of hydrogen-bond acceptors (Lipinski definition) is 28. The highest BCUT2D eigenvalue weighted by Crippen LogP contribution is 2.46. The number of anilines is 9. The first-order valence-corrected chi connectivity index (χ1v) is 47.8. The van der Waals surface area contributed by atoms with Crippen LogP contribution in [-0.4, -0.2) is 104 Å². The minimum absolute atomic E-state index is 0.0181. The van der Waals surface area contributed by atoms with Crippen LogP contribution < -0.4 is 51.6 Å².